The lowest BCUT2D eigenvalue weighted by molar-refractivity contribution is 0.559. The van der Waals surface area contributed by atoms with Crippen molar-refractivity contribution < 1.29 is 4.39 Å². The molecule has 0 aliphatic heterocycles. The first kappa shape index (κ1) is 12.5. The SMILES string of the molecule is Cc1ccc(F)c(C(NN)c2cccnc2N)c1. The maximum Gasteiger partial charge on any atom is 0.128 e. The van der Waals surface area contributed by atoms with Gasteiger partial charge in [0.05, 0.1) is 6.04 Å². The average molecular weight is 246 g/mol. The number of halogens is 1. The van der Waals surface area contributed by atoms with Gasteiger partial charge in [-0.1, -0.05) is 23.8 Å². The van der Waals surface area contributed by atoms with Crippen LogP contribution in [0.2, 0.25) is 0 Å². The summed E-state index contributed by atoms with van der Waals surface area (Å²) in [5.41, 5.74) is 10.4. The van der Waals surface area contributed by atoms with Crippen molar-refractivity contribution in [1.82, 2.24) is 10.4 Å². The van der Waals surface area contributed by atoms with Crippen molar-refractivity contribution in [3.05, 3.63) is 59.0 Å². The van der Waals surface area contributed by atoms with Gasteiger partial charge in [0.15, 0.2) is 0 Å². The van der Waals surface area contributed by atoms with Crippen molar-refractivity contribution in [1.29, 1.82) is 0 Å². The Morgan fingerprint density at radius 3 is 2.72 bits per heavy atom. The van der Waals surface area contributed by atoms with Crippen LogP contribution in [-0.2, 0) is 0 Å². The molecule has 1 aromatic carbocycles. The Kier molecular flexibility index (Phi) is 3.55. The summed E-state index contributed by atoms with van der Waals surface area (Å²) in [6.07, 6.45) is 1.58. The van der Waals surface area contributed by atoms with Gasteiger partial charge in [0, 0.05) is 17.3 Å². The molecule has 0 fully saturated rings. The first-order chi connectivity index (χ1) is 8.63. The number of nitrogen functional groups attached to an aromatic ring is 1. The molecule has 0 aliphatic rings. The summed E-state index contributed by atoms with van der Waals surface area (Å²) in [5, 5.41) is 0. The van der Waals surface area contributed by atoms with Crippen molar-refractivity contribution in [2.24, 2.45) is 5.84 Å². The molecule has 5 N–H and O–H groups in total. The van der Waals surface area contributed by atoms with Crippen molar-refractivity contribution >= 4 is 5.82 Å². The number of pyridine rings is 1. The van der Waals surface area contributed by atoms with E-state index < -0.39 is 6.04 Å². The second kappa shape index (κ2) is 5.12. The van der Waals surface area contributed by atoms with Crippen LogP contribution in [0.15, 0.2) is 36.5 Å². The summed E-state index contributed by atoms with van der Waals surface area (Å²) in [6, 6.07) is 7.87. The van der Waals surface area contributed by atoms with Crippen LogP contribution in [-0.4, -0.2) is 4.98 Å². The van der Waals surface area contributed by atoms with Crippen molar-refractivity contribution in [2.75, 3.05) is 5.73 Å². The molecule has 0 radical (unpaired) electrons. The molecule has 18 heavy (non-hydrogen) atoms. The number of anilines is 1. The minimum Gasteiger partial charge on any atom is -0.383 e. The van der Waals surface area contributed by atoms with Gasteiger partial charge in [0.2, 0.25) is 0 Å². The second-order valence-electron chi connectivity index (χ2n) is 4.10. The largest absolute Gasteiger partial charge is 0.383 e. The molecule has 1 unspecified atom stereocenters. The first-order valence-electron chi connectivity index (χ1n) is 5.56. The third kappa shape index (κ3) is 2.32. The fourth-order valence-electron chi connectivity index (χ4n) is 1.91. The second-order valence-corrected chi connectivity index (χ2v) is 4.10. The number of aromatic nitrogens is 1. The molecule has 0 saturated heterocycles. The van der Waals surface area contributed by atoms with Crippen LogP contribution in [0.1, 0.15) is 22.7 Å². The van der Waals surface area contributed by atoms with Crippen LogP contribution in [0, 0.1) is 12.7 Å². The van der Waals surface area contributed by atoms with Gasteiger partial charge in [-0.3, -0.25) is 5.84 Å². The highest BCUT2D eigenvalue weighted by Gasteiger charge is 2.19. The van der Waals surface area contributed by atoms with Crippen molar-refractivity contribution in [3.63, 3.8) is 0 Å². The summed E-state index contributed by atoms with van der Waals surface area (Å²) in [7, 11) is 0. The lowest BCUT2D eigenvalue weighted by Gasteiger charge is -2.19. The molecule has 0 bridgehead atoms. The molecular formula is C13H15FN4. The van der Waals surface area contributed by atoms with Crippen molar-refractivity contribution in [2.45, 2.75) is 13.0 Å². The lowest BCUT2D eigenvalue weighted by Crippen LogP contribution is -2.30. The Morgan fingerprint density at radius 2 is 2.06 bits per heavy atom. The zero-order chi connectivity index (χ0) is 13.1. The monoisotopic (exact) mass is 246 g/mol. The van der Waals surface area contributed by atoms with E-state index in [9.17, 15) is 4.39 Å². The van der Waals surface area contributed by atoms with E-state index in [1.54, 1.807) is 30.5 Å². The lowest BCUT2D eigenvalue weighted by atomic mass is 9.98. The Labute approximate surface area is 105 Å². The maximum absolute atomic E-state index is 13.9. The summed E-state index contributed by atoms with van der Waals surface area (Å²) >= 11 is 0. The van der Waals surface area contributed by atoms with Crippen LogP contribution in [0.3, 0.4) is 0 Å². The number of hydrazine groups is 1. The smallest absolute Gasteiger partial charge is 0.128 e. The molecule has 2 aromatic rings. The van der Waals surface area contributed by atoms with Crippen LogP contribution < -0.4 is 17.0 Å². The van der Waals surface area contributed by atoms with Crippen LogP contribution in [0.25, 0.3) is 0 Å². The Hall–Kier alpha value is -1.98. The number of rotatable bonds is 3. The predicted molar refractivity (Wildman–Crippen MR) is 69.0 cm³/mol. The maximum atomic E-state index is 13.9. The van der Waals surface area contributed by atoms with E-state index >= 15 is 0 Å². The Bertz CT molecular complexity index is 556. The molecule has 1 heterocycles. The molecule has 5 heteroatoms. The number of benzene rings is 1. The number of nitrogens with one attached hydrogen (secondary N) is 1. The van der Waals surface area contributed by atoms with E-state index in [-0.39, 0.29) is 5.82 Å². The topological polar surface area (TPSA) is 77.0 Å². The zero-order valence-corrected chi connectivity index (χ0v) is 10.0. The van der Waals surface area contributed by atoms with Gasteiger partial charge < -0.3 is 5.73 Å². The summed E-state index contributed by atoms with van der Waals surface area (Å²) in [4.78, 5) is 3.99. The predicted octanol–water partition coefficient (Wildman–Crippen LogP) is 1.66. The van der Waals surface area contributed by atoms with Gasteiger partial charge in [-0.15, -0.1) is 0 Å². The molecule has 0 aliphatic carbocycles. The molecule has 94 valence electrons. The van der Waals surface area contributed by atoms with Crippen LogP contribution in [0.5, 0.6) is 0 Å². The normalized spacial score (nSPS) is 12.4. The Balaban J connectivity index is 2.52. The highest BCUT2D eigenvalue weighted by molar-refractivity contribution is 5.46. The van der Waals surface area contributed by atoms with E-state index in [4.69, 9.17) is 11.6 Å². The van der Waals surface area contributed by atoms with Gasteiger partial charge >= 0.3 is 0 Å². The molecule has 0 amide bonds. The number of hydrogen-bond donors (Lipinski definition) is 3. The quantitative estimate of drug-likeness (QED) is 0.568. The summed E-state index contributed by atoms with van der Waals surface area (Å²) in [5.74, 6) is 5.53. The minimum atomic E-state index is -0.515. The minimum absolute atomic E-state index is 0.327. The van der Waals surface area contributed by atoms with E-state index in [0.29, 0.717) is 16.9 Å². The standard InChI is InChI=1S/C13H15FN4/c1-8-4-5-11(14)10(7-8)12(18-16)9-3-2-6-17-13(9)15/h2-7,12,18H,16H2,1H3,(H2,15,17). The summed E-state index contributed by atoms with van der Waals surface area (Å²) < 4.78 is 13.9. The first-order valence-corrected chi connectivity index (χ1v) is 5.56. The van der Waals surface area contributed by atoms with Gasteiger partial charge in [-0.05, 0) is 19.1 Å². The third-order valence-corrected chi connectivity index (χ3v) is 2.81. The average Bonchev–Trinajstić information content (AvgIpc) is 2.36. The molecule has 1 atom stereocenters. The molecule has 0 spiro atoms. The number of nitrogens with zero attached hydrogens (tertiary/aromatic N) is 1. The highest BCUT2D eigenvalue weighted by Crippen LogP contribution is 2.27. The number of hydrogen-bond acceptors (Lipinski definition) is 4. The fourth-order valence-corrected chi connectivity index (χ4v) is 1.91. The van der Waals surface area contributed by atoms with E-state index in [1.165, 1.54) is 6.07 Å². The third-order valence-electron chi connectivity index (χ3n) is 2.81. The summed E-state index contributed by atoms with van der Waals surface area (Å²) in [6.45, 7) is 1.89. The molecular weight excluding hydrogens is 231 g/mol. The zero-order valence-electron chi connectivity index (χ0n) is 10.0. The van der Waals surface area contributed by atoms with E-state index in [1.807, 2.05) is 6.92 Å². The van der Waals surface area contributed by atoms with Gasteiger partial charge in [0.1, 0.15) is 11.6 Å². The molecule has 2 rings (SSSR count). The number of aryl methyl sites for hydroxylation is 1. The highest BCUT2D eigenvalue weighted by atomic mass is 19.1. The van der Waals surface area contributed by atoms with Crippen molar-refractivity contribution in [3.8, 4) is 0 Å². The van der Waals surface area contributed by atoms with Gasteiger partial charge in [-0.25, -0.2) is 14.8 Å². The molecule has 0 saturated carbocycles. The van der Waals surface area contributed by atoms with E-state index in [2.05, 4.69) is 10.4 Å². The Morgan fingerprint density at radius 1 is 1.28 bits per heavy atom. The molecule has 4 nitrogen and oxygen atoms in total. The molecule has 1 aromatic heterocycles. The van der Waals surface area contributed by atoms with Gasteiger partial charge in [-0.2, -0.15) is 0 Å². The number of nitrogens with two attached hydrogens (primary N) is 2. The van der Waals surface area contributed by atoms with Crippen LogP contribution >= 0.6 is 0 Å². The van der Waals surface area contributed by atoms with Crippen LogP contribution in [0.4, 0.5) is 10.2 Å². The van der Waals surface area contributed by atoms with E-state index in [0.717, 1.165) is 5.56 Å². The van der Waals surface area contributed by atoms with Gasteiger partial charge in [0.25, 0.3) is 0 Å². The fraction of sp³-hybridized carbons (Fsp3) is 0.154.